The third kappa shape index (κ3) is 8.79. The topological polar surface area (TPSA) is 173 Å². The van der Waals surface area contributed by atoms with Crippen molar-refractivity contribution in [3.8, 4) is 11.6 Å². The van der Waals surface area contributed by atoms with E-state index in [4.69, 9.17) is 14.6 Å². The third-order valence-corrected chi connectivity index (χ3v) is 6.47. The zero-order valence-electron chi connectivity index (χ0n) is 21.0. The van der Waals surface area contributed by atoms with Gasteiger partial charge in [0.2, 0.25) is 5.88 Å². The molecule has 3 amide bonds. The molecule has 0 unspecified atom stereocenters. The number of hydrogen-bond donors (Lipinski definition) is 4. The summed E-state index contributed by atoms with van der Waals surface area (Å²) < 4.78 is 37.8. The normalized spacial score (nSPS) is 10.8. The predicted octanol–water partition coefficient (Wildman–Crippen LogP) is 1.65. The molecule has 39 heavy (non-hydrogen) atoms. The third-order valence-electron chi connectivity index (χ3n) is 5.14. The van der Waals surface area contributed by atoms with E-state index in [0.717, 1.165) is 6.20 Å². The molecule has 0 saturated carbocycles. The molecule has 0 radical (unpaired) electrons. The Hall–Kier alpha value is -4.49. The summed E-state index contributed by atoms with van der Waals surface area (Å²) in [6, 6.07) is 15.2. The highest BCUT2D eigenvalue weighted by Crippen LogP contribution is 2.15. The van der Waals surface area contributed by atoms with E-state index in [1.165, 1.54) is 30.3 Å². The molecule has 12 nitrogen and oxygen atoms in total. The molecule has 4 N–H and O–H groups in total. The number of nitrogens with one attached hydrogen (secondary N) is 3. The average Bonchev–Trinajstić information content (AvgIpc) is 2.93. The summed E-state index contributed by atoms with van der Waals surface area (Å²) in [6.07, 6.45) is 0.576. The maximum atomic E-state index is 12.8. The summed E-state index contributed by atoms with van der Waals surface area (Å²) in [7, 11) is -4.21. The van der Waals surface area contributed by atoms with Crippen LogP contribution >= 0.6 is 0 Å². The summed E-state index contributed by atoms with van der Waals surface area (Å²) in [5.41, 5.74) is 1.03. The maximum absolute atomic E-state index is 12.8. The molecule has 1 aromatic heterocycles. The number of amides is 3. The van der Waals surface area contributed by atoms with Crippen LogP contribution in [-0.2, 0) is 16.4 Å². The number of carbonyl (C=O) groups is 3. The first-order valence-electron chi connectivity index (χ1n) is 11.9. The Balaban J connectivity index is 1.55. The Morgan fingerprint density at radius 3 is 2.33 bits per heavy atom. The van der Waals surface area contributed by atoms with Crippen molar-refractivity contribution < 1.29 is 37.4 Å². The van der Waals surface area contributed by atoms with E-state index in [1.54, 1.807) is 30.3 Å². The van der Waals surface area contributed by atoms with Gasteiger partial charge >= 0.3 is 6.09 Å². The van der Waals surface area contributed by atoms with E-state index in [9.17, 15) is 22.8 Å². The van der Waals surface area contributed by atoms with Crippen LogP contribution in [0.2, 0.25) is 0 Å². The van der Waals surface area contributed by atoms with Gasteiger partial charge in [0.05, 0.1) is 23.7 Å². The number of benzene rings is 2. The Labute approximate surface area is 225 Å². The molecule has 3 rings (SSSR count). The van der Waals surface area contributed by atoms with Gasteiger partial charge in [0.25, 0.3) is 21.8 Å². The van der Waals surface area contributed by atoms with Gasteiger partial charge in [0.1, 0.15) is 5.75 Å². The number of ether oxygens (including phenoxy) is 2. The van der Waals surface area contributed by atoms with E-state index >= 15 is 0 Å². The lowest BCUT2D eigenvalue weighted by Gasteiger charge is -2.10. The SMILES string of the molecule is CCOc1ccc(C(=O)NCCc2cccc(S(=O)(=O)NC(=O)c3ccc(OC(=O)NCCO)nc3)c2)cc1. The second-order valence-corrected chi connectivity index (χ2v) is 9.65. The van der Waals surface area contributed by atoms with E-state index in [0.29, 0.717) is 29.9 Å². The number of aliphatic hydroxyl groups excluding tert-OH is 1. The highest BCUT2D eigenvalue weighted by molar-refractivity contribution is 7.90. The van der Waals surface area contributed by atoms with Crippen LogP contribution < -0.4 is 24.8 Å². The van der Waals surface area contributed by atoms with Gasteiger partial charge in [-0.3, -0.25) is 9.59 Å². The van der Waals surface area contributed by atoms with E-state index in [2.05, 4.69) is 15.6 Å². The van der Waals surface area contributed by atoms with Crippen LogP contribution in [0.3, 0.4) is 0 Å². The molecule has 206 valence electrons. The lowest BCUT2D eigenvalue weighted by atomic mass is 10.1. The Morgan fingerprint density at radius 1 is 0.923 bits per heavy atom. The van der Waals surface area contributed by atoms with Crippen molar-refractivity contribution in [3.63, 3.8) is 0 Å². The highest BCUT2D eigenvalue weighted by atomic mass is 32.2. The summed E-state index contributed by atoms with van der Waals surface area (Å²) in [5, 5.41) is 13.7. The number of sulfonamides is 1. The fourth-order valence-electron chi connectivity index (χ4n) is 3.26. The summed E-state index contributed by atoms with van der Waals surface area (Å²) in [5.74, 6) is -0.648. The molecule has 0 atom stereocenters. The highest BCUT2D eigenvalue weighted by Gasteiger charge is 2.20. The van der Waals surface area contributed by atoms with Crippen molar-refractivity contribution in [3.05, 3.63) is 83.6 Å². The van der Waals surface area contributed by atoms with Gasteiger partial charge in [-0.25, -0.2) is 22.9 Å². The smallest absolute Gasteiger partial charge is 0.414 e. The molecule has 0 bridgehead atoms. The number of hydrogen-bond acceptors (Lipinski definition) is 9. The number of nitrogens with zero attached hydrogens (tertiary/aromatic N) is 1. The van der Waals surface area contributed by atoms with Gasteiger partial charge in [-0.05, 0) is 61.4 Å². The largest absolute Gasteiger partial charge is 0.494 e. The van der Waals surface area contributed by atoms with Gasteiger partial charge in [0.15, 0.2) is 0 Å². The second-order valence-electron chi connectivity index (χ2n) is 7.97. The molecular formula is C26H28N4O8S. The van der Waals surface area contributed by atoms with Crippen molar-refractivity contribution in [2.45, 2.75) is 18.2 Å². The zero-order chi connectivity index (χ0) is 28.3. The monoisotopic (exact) mass is 556 g/mol. The molecule has 0 spiro atoms. The second kappa shape index (κ2) is 13.9. The van der Waals surface area contributed by atoms with Crippen molar-refractivity contribution in [2.75, 3.05) is 26.3 Å². The molecule has 2 aromatic carbocycles. The van der Waals surface area contributed by atoms with E-state index in [1.807, 2.05) is 11.6 Å². The van der Waals surface area contributed by atoms with Gasteiger partial charge in [-0.1, -0.05) is 12.1 Å². The van der Waals surface area contributed by atoms with Crippen LogP contribution in [0.15, 0.2) is 71.8 Å². The van der Waals surface area contributed by atoms with Crippen LogP contribution in [0.1, 0.15) is 33.2 Å². The standard InChI is InChI=1S/C26H28N4O8S/c1-2-37-21-9-6-19(7-10-21)24(32)27-13-12-18-4-3-5-22(16-18)39(35,36)30-25(33)20-8-11-23(29-17-20)38-26(34)28-14-15-31/h3-11,16-17,31H,2,12-15H2,1H3,(H,27,32)(H,28,34)(H,30,33). The molecule has 0 aliphatic carbocycles. The maximum Gasteiger partial charge on any atom is 0.414 e. The van der Waals surface area contributed by atoms with Crippen LogP contribution in [-0.4, -0.2) is 62.7 Å². The molecule has 0 aliphatic rings. The molecule has 0 fully saturated rings. The minimum absolute atomic E-state index is 0.00319. The average molecular weight is 557 g/mol. The van der Waals surface area contributed by atoms with Crippen molar-refractivity contribution in [1.82, 2.24) is 20.3 Å². The molecular weight excluding hydrogens is 528 g/mol. The quantitative estimate of drug-likeness (QED) is 0.259. The molecule has 3 aromatic rings. The molecule has 1 heterocycles. The number of aromatic nitrogens is 1. The minimum atomic E-state index is -4.21. The summed E-state index contributed by atoms with van der Waals surface area (Å²) in [4.78, 5) is 40.0. The number of carbonyl (C=O) groups excluding carboxylic acids is 3. The first-order chi connectivity index (χ1) is 18.7. The van der Waals surface area contributed by atoms with Crippen LogP contribution in [0, 0.1) is 0 Å². The van der Waals surface area contributed by atoms with Crippen molar-refractivity contribution in [2.24, 2.45) is 0 Å². The van der Waals surface area contributed by atoms with Crippen LogP contribution in [0.25, 0.3) is 0 Å². The summed E-state index contributed by atoms with van der Waals surface area (Å²) in [6.45, 7) is 2.39. The first kappa shape index (κ1) is 29.1. The number of rotatable bonds is 12. The number of pyridine rings is 1. The Morgan fingerprint density at radius 2 is 1.67 bits per heavy atom. The number of aliphatic hydroxyl groups is 1. The Kier molecular flexibility index (Phi) is 10.3. The molecule has 0 saturated heterocycles. The lowest BCUT2D eigenvalue weighted by Crippen LogP contribution is -2.31. The lowest BCUT2D eigenvalue weighted by molar-refractivity contribution is 0.0951. The van der Waals surface area contributed by atoms with Crippen LogP contribution in [0.4, 0.5) is 4.79 Å². The van der Waals surface area contributed by atoms with Crippen molar-refractivity contribution >= 4 is 27.9 Å². The van der Waals surface area contributed by atoms with Gasteiger partial charge < -0.3 is 25.2 Å². The van der Waals surface area contributed by atoms with Gasteiger partial charge in [-0.2, -0.15) is 0 Å². The predicted molar refractivity (Wildman–Crippen MR) is 140 cm³/mol. The van der Waals surface area contributed by atoms with E-state index in [-0.39, 0.29) is 41.9 Å². The summed E-state index contributed by atoms with van der Waals surface area (Å²) >= 11 is 0. The molecule has 13 heteroatoms. The fourth-order valence-corrected chi connectivity index (χ4v) is 4.31. The van der Waals surface area contributed by atoms with Crippen molar-refractivity contribution in [1.29, 1.82) is 0 Å². The zero-order valence-corrected chi connectivity index (χ0v) is 21.9. The van der Waals surface area contributed by atoms with Crippen LogP contribution in [0.5, 0.6) is 11.6 Å². The first-order valence-corrected chi connectivity index (χ1v) is 13.4. The fraction of sp³-hybridized carbons (Fsp3) is 0.231. The minimum Gasteiger partial charge on any atom is -0.494 e. The molecule has 0 aliphatic heterocycles. The van der Waals surface area contributed by atoms with E-state index < -0.39 is 22.0 Å². The van der Waals surface area contributed by atoms with Gasteiger partial charge in [-0.15, -0.1) is 0 Å². The Bertz CT molecular complexity index is 1390. The van der Waals surface area contributed by atoms with Gasteiger partial charge in [0, 0.05) is 30.9 Å².